The Labute approximate surface area is 132 Å². The molecule has 3 rings (SSSR count). The van der Waals surface area contributed by atoms with Crippen LogP contribution in [0.4, 0.5) is 5.69 Å². The van der Waals surface area contributed by atoms with Gasteiger partial charge in [-0.2, -0.15) is 5.10 Å². The number of hydrogen-bond donors (Lipinski definition) is 1. The second-order valence-electron chi connectivity index (χ2n) is 5.53. The van der Waals surface area contributed by atoms with Crippen LogP contribution >= 0.6 is 11.3 Å². The van der Waals surface area contributed by atoms with Crippen molar-refractivity contribution in [2.75, 3.05) is 5.32 Å². The van der Waals surface area contributed by atoms with E-state index in [1.807, 2.05) is 23.5 Å². The quantitative estimate of drug-likeness (QED) is 0.919. The summed E-state index contributed by atoms with van der Waals surface area (Å²) in [4.78, 5) is 26.6. The Morgan fingerprint density at radius 3 is 2.86 bits per heavy atom. The summed E-state index contributed by atoms with van der Waals surface area (Å²) in [6, 6.07) is 2.06. The van der Waals surface area contributed by atoms with Gasteiger partial charge >= 0.3 is 0 Å². The minimum absolute atomic E-state index is 0.0231. The highest BCUT2D eigenvalue weighted by Crippen LogP contribution is 2.33. The predicted octanol–water partition coefficient (Wildman–Crippen LogP) is 2.24. The number of aromatic nitrogens is 2. The average Bonchev–Trinajstić information content (AvgIpc) is 3.06. The molecule has 2 heterocycles. The summed E-state index contributed by atoms with van der Waals surface area (Å²) in [7, 11) is 1.86. The third-order valence-electron chi connectivity index (χ3n) is 3.53. The third-order valence-corrected chi connectivity index (χ3v) is 4.43. The second kappa shape index (κ2) is 5.92. The molecule has 1 N–H and O–H groups in total. The zero-order valence-corrected chi connectivity index (χ0v) is 13.4. The zero-order chi connectivity index (χ0) is 15.7. The van der Waals surface area contributed by atoms with E-state index < -0.39 is 0 Å². The van der Waals surface area contributed by atoms with Crippen molar-refractivity contribution >= 4 is 28.8 Å². The van der Waals surface area contributed by atoms with Gasteiger partial charge in [0, 0.05) is 38.3 Å². The molecule has 2 amide bonds. The molecule has 0 radical (unpaired) electrons. The molecule has 0 bridgehead atoms. The molecule has 116 valence electrons. The maximum atomic E-state index is 12.9. The van der Waals surface area contributed by atoms with Gasteiger partial charge in [0.2, 0.25) is 5.91 Å². The fraction of sp³-hybridized carbons (Fsp3) is 0.400. The van der Waals surface area contributed by atoms with Gasteiger partial charge in [-0.3, -0.25) is 14.3 Å². The molecule has 0 aliphatic heterocycles. The van der Waals surface area contributed by atoms with Gasteiger partial charge in [-0.1, -0.05) is 0 Å². The van der Waals surface area contributed by atoms with Crippen LogP contribution in [0.25, 0.3) is 0 Å². The highest BCUT2D eigenvalue weighted by Gasteiger charge is 2.34. The lowest BCUT2D eigenvalue weighted by Crippen LogP contribution is -2.32. The highest BCUT2D eigenvalue weighted by atomic mass is 32.1. The van der Waals surface area contributed by atoms with E-state index in [0.29, 0.717) is 23.2 Å². The molecule has 0 aromatic carbocycles. The SMILES string of the molecule is CC(=O)Nc1ccsc1C(=O)N(Cc1cnn(C)c1)C1CC1. The van der Waals surface area contributed by atoms with Crippen molar-refractivity contribution in [3.8, 4) is 0 Å². The maximum Gasteiger partial charge on any atom is 0.266 e. The number of rotatable bonds is 5. The van der Waals surface area contributed by atoms with E-state index in [0.717, 1.165) is 18.4 Å². The highest BCUT2D eigenvalue weighted by molar-refractivity contribution is 7.12. The smallest absolute Gasteiger partial charge is 0.266 e. The van der Waals surface area contributed by atoms with Gasteiger partial charge in [0.15, 0.2) is 0 Å². The van der Waals surface area contributed by atoms with E-state index in [4.69, 9.17) is 0 Å². The summed E-state index contributed by atoms with van der Waals surface area (Å²) in [6.45, 7) is 2.00. The van der Waals surface area contributed by atoms with Crippen LogP contribution in [0.3, 0.4) is 0 Å². The number of anilines is 1. The van der Waals surface area contributed by atoms with E-state index >= 15 is 0 Å². The fourth-order valence-electron chi connectivity index (χ4n) is 2.40. The summed E-state index contributed by atoms with van der Waals surface area (Å²) in [6.07, 6.45) is 5.78. The molecule has 0 saturated heterocycles. The summed E-state index contributed by atoms with van der Waals surface area (Å²) in [5.74, 6) is -0.192. The maximum absolute atomic E-state index is 12.9. The van der Waals surface area contributed by atoms with Gasteiger partial charge in [0.05, 0.1) is 11.9 Å². The van der Waals surface area contributed by atoms with Gasteiger partial charge in [0.25, 0.3) is 5.91 Å². The summed E-state index contributed by atoms with van der Waals surface area (Å²) in [5.41, 5.74) is 1.61. The molecule has 0 spiro atoms. The van der Waals surface area contributed by atoms with Gasteiger partial charge in [-0.05, 0) is 24.3 Å². The molecule has 6 nitrogen and oxygen atoms in total. The number of carbonyl (C=O) groups excluding carboxylic acids is 2. The molecule has 22 heavy (non-hydrogen) atoms. The zero-order valence-electron chi connectivity index (χ0n) is 12.6. The van der Waals surface area contributed by atoms with E-state index in [2.05, 4.69) is 10.4 Å². The summed E-state index contributed by atoms with van der Waals surface area (Å²) < 4.78 is 1.73. The first-order valence-electron chi connectivity index (χ1n) is 7.18. The Morgan fingerprint density at radius 1 is 1.50 bits per heavy atom. The minimum Gasteiger partial charge on any atom is -0.330 e. The molecule has 0 atom stereocenters. The van der Waals surface area contributed by atoms with E-state index in [-0.39, 0.29) is 11.8 Å². The second-order valence-corrected chi connectivity index (χ2v) is 6.45. The fourth-order valence-corrected chi connectivity index (χ4v) is 3.20. The Morgan fingerprint density at radius 2 is 2.27 bits per heavy atom. The van der Waals surface area contributed by atoms with Crippen LogP contribution in [0.5, 0.6) is 0 Å². The molecule has 2 aromatic rings. The summed E-state index contributed by atoms with van der Waals surface area (Å²) in [5, 5.41) is 8.70. The van der Waals surface area contributed by atoms with Crippen LogP contribution in [0.2, 0.25) is 0 Å². The normalized spacial score (nSPS) is 13.9. The number of hydrogen-bond acceptors (Lipinski definition) is 4. The molecule has 2 aromatic heterocycles. The molecule has 1 fully saturated rings. The van der Waals surface area contributed by atoms with Crippen molar-refractivity contribution in [1.29, 1.82) is 0 Å². The van der Waals surface area contributed by atoms with Crippen LogP contribution in [0.15, 0.2) is 23.8 Å². The Hall–Kier alpha value is -2.15. The number of thiophene rings is 1. The molecule has 1 aliphatic rings. The molecule has 1 saturated carbocycles. The van der Waals surface area contributed by atoms with Crippen LogP contribution in [0.1, 0.15) is 35.0 Å². The summed E-state index contributed by atoms with van der Waals surface area (Å²) >= 11 is 1.36. The van der Waals surface area contributed by atoms with E-state index in [1.165, 1.54) is 18.3 Å². The molecular weight excluding hydrogens is 300 g/mol. The van der Waals surface area contributed by atoms with Gasteiger partial charge in [0.1, 0.15) is 4.88 Å². The number of nitrogens with one attached hydrogen (secondary N) is 1. The van der Waals surface area contributed by atoms with Gasteiger partial charge in [-0.15, -0.1) is 11.3 Å². The first kappa shape index (κ1) is 14.8. The Kier molecular flexibility index (Phi) is 3.98. The topological polar surface area (TPSA) is 67.2 Å². The van der Waals surface area contributed by atoms with Crippen molar-refractivity contribution in [2.45, 2.75) is 32.4 Å². The van der Waals surface area contributed by atoms with E-state index in [1.54, 1.807) is 16.9 Å². The third kappa shape index (κ3) is 3.19. The van der Waals surface area contributed by atoms with Crippen molar-refractivity contribution in [2.24, 2.45) is 7.05 Å². The average molecular weight is 318 g/mol. The minimum atomic E-state index is -0.169. The number of carbonyl (C=O) groups is 2. The van der Waals surface area contributed by atoms with Crippen molar-refractivity contribution in [3.63, 3.8) is 0 Å². The van der Waals surface area contributed by atoms with Crippen LogP contribution in [0, 0.1) is 0 Å². The lowest BCUT2D eigenvalue weighted by Gasteiger charge is -2.21. The number of aryl methyl sites for hydroxylation is 1. The molecule has 7 heteroatoms. The number of nitrogens with zero attached hydrogens (tertiary/aromatic N) is 3. The lowest BCUT2D eigenvalue weighted by molar-refractivity contribution is -0.114. The van der Waals surface area contributed by atoms with Gasteiger partial charge in [-0.25, -0.2) is 0 Å². The van der Waals surface area contributed by atoms with E-state index in [9.17, 15) is 9.59 Å². The van der Waals surface area contributed by atoms with Crippen LogP contribution in [-0.2, 0) is 18.4 Å². The lowest BCUT2D eigenvalue weighted by atomic mass is 10.2. The molecule has 1 aliphatic carbocycles. The number of amides is 2. The Bertz CT molecular complexity index is 702. The van der Waals surface area contributed by atoms with Crippen LogP contribution in [-0.4, -0.2) is 32.5 Å². The monoisotopic (exact) mass is 318 g/mol. The molecule has 0 unspecified atom stereocenters. The first-order valence-corrected chi connectivity index (χ1v) is 8.06. The largest absolute Gasteiger partial charge is 0.330 e. The predicted molar refractivity (Wildman–Crippen MR) is 84.7 cm³/mol. The Balaban J connectivity index is 1.81. The van der Waals surface area contributed by atoms with Gasteiger partial charge < -0.3 is 10.2 Å². The van der Waals surface area contributed by atoms with Crippen molar-refractivity contribution in [3.05, 3.63) is 34.3 Å². The van der Waals surface area contributed by atoms with Crippen LogP contribution < -0.4 is 5.32 Å². The van der Waals surface area contributed by atoms with Crippen molar-refractivity contribution < 1.29 is 9.59 Å². The first-order chi connectivity index (χ1) is 10.5. The standard InChI is InChI=1S/C15H18N4O2S/c1-10(20)17-13-5-6-22-14(13)15(21)19(12-3-4-12)9-11-7-16-18(2)8-11/h5-8,12H,3-4,9H2,1-2H3,(H,17,20). The molecular formula is C15H18N4O2S. The van der Waals surface area contributed by atoms with Crippen molar-refractivity contribution in [1.82, 2.24) is 14.7 Å².